The van der Waals surface area contributed by atoms with Crippen molar-refractivity contribution in [3.63, 3.8) is 0 Å². The number of aliphatic hydroxyl groups excluding tert-OH is 1. The number of aromatic nitrogens is 2. The average Bonchev–Trinajstić information content (AvgIpc) is 3.10. The van der Waals surface area contributed by atoms with E-state index in [-0.39, 0.29) is 12.0 Å². The number of piperidine rings is 2. The maximum Gasteiger partial charge on any atom is 0.274 e. The molecular weight excluding hydrogens is 340 g/mol. The molecule has 0 spiro atoms. The summed E-state index contributed by atoms with van der Waals surface area (Å²) in [6, 6.07) is 12.5. The molecule has 144 valence electrons. The number of amides is 1. The third-order valence-electron chi connectivity index (χ3n) is 5.94. The van der Waals surface area contributed by atoms with Crippen molar-refractivity contribution >= 4 is 5.91 Å². The Hall–Kier alpha value is -2.18. The van der Waals surface area contributed by atoms with Crippen LogP contribution >= 0.6 is 0 Å². The quantitative estimate of drug-likeness (QED) is 0.902. The van der Waals surface area contributed by atoms with Gasteiger partial charge in [0.1, 0.15) is 0 Å². The molecule has 2 aliphatic heterocycles. The van der Waals surface area contributed by atoms with Gasteiger partial charge in [-0.25, -0.2) is 0 Å². The lowest BCUT2D eigenvalue weighted by molar-refractivity contribution is 0.0355. The summed E-state index contributed by atoms with van der Waals surface area (Å²) in [5, 5.41) is 14.2. The maximum absolute atomic E-state index is 12.9. The summed E-state index contributed by atoms with van der Waals surface area (Å²) in [5.74, 6) is 0.0281. The first-order chi connectivity index (χ1) is 13.1. The van der Waals surface area contributed by atoms with E-state index < -0.39 is 0 Å². The Kier molecular flexibility index (Phi) is 5.27. The van der Waals surface area contributed by atoms with E-state index in [0.717, 1.165) is 63.1 Å². The number of benzene rings is 1. The van der Waals surface area contributed by atoms with E-state index in [4.69, 9.17) is 0 Å². The van der Waals surface area contributed by atoms with Crippen LogP contribution in [-0.4, -0.2) is 68.9 Å². The number of hydrogen-bond donors (Lipinski definition) is 1. The molecule has 1 N–H and O–H groups in total. The SMILES string of the molecule is Cn1nc(C(=O)N2CCC(N3CCC(O)CC3)CC2)cc1-c1ccccc1. The van der Waals surface area contributed by atoms with Gasteiger partial charge in [0.15, 0.2) is 5.69 Å². The number of likely N-dealkylation sites (tertiary alicyclic amines) is 2. The molecule has 2 saturated heterocycles. The third kappa shape index (κ3) is 3.92. The van der Waals surface area contributed by atoms with Gasteiger partial charge < -0.3 is 14.9 Å². The van der Waals surface area contributed by atoms with Crippen LogP contribution in [0.25, 0.3) is 11.3 Å². The van der Waals surface area contributed by atoms with E-state index in [2.05, 4.69) is 10.00 Å². The summed E-state index contributed by atoms with van der Waals surface area (Å²) in [7, 11) is 1.89. The van der Waals surface area contributed by atoms with E-state index in [1.165, 1.54) is 0 Å². The Morgan fingerprint density at radius 2 is 1.70 bits per heavy atom. The molecule has 2 aliphatic rings. The Morgan fingerprint density at radius 3 is 2.37 bits per heavy atom. The van der Waals surface area contributed by atoms with Crippen LogP contribution in [0.3, 0.4) is 0 Å². The maximum atomic E-state index is 12.9. The lowest BCUT2D eigenvalue weighted by Crippen LogP contribution is -2.49. The summed E-state index contributed by atoms with van der Waals surface area (Å²) >= 11 is 0. The van der Waals surface area contributed by atoms with Crippen molar-refractivity contribution in [2.45, 2.75) is 37.8 Å². The Labute approximate surface area is 160 Å². The average molecular weight is 368 g/mol. The standard InChI is InChI=1S/C21H28N4O2/c1-23-20(16-5-3-2-4-6-16)15-19(22-23)21(27)25-11-7-17(8-12-25)24-13-9-18(26)10-14-24/h2-6,15,17-18,26H,7-14H2,1H3. The number of hydrogen-bond acceptors (Lipinski definition) is 4. The Morgan fingerprint density at radius 1 is 1.04 bits per heavy atom. The van der Waals surface area contributed by atoms with Crippen molar-refractivity contribution in [1.29, 1.82) is 0 Å². The summed E-state index contributed by atoms with van der Waals surface area (Å²) < 4.78 is 1.79. The molecule has 2 fully saturated rings. The summed E-state index contributed by atoms with van der Waals surface area (Å²) in [6.45, 7) is 3.50. The molecule has 2 aromatic rings. The highest BCUT2D eigenvalue weighted by molar-refractivity contribution is 5.93. The van der Waals surface area contributed by atoms with Crippen molar-refractivity contribution in [1.82, 2.24) is 19.6 Å². The molecule has 0 unspecified atom stereocenters. The van der Waals surface area contributed by atoms with E-state index >= 15 is 0 Å². The van der Waals surface area contributed by atoms with Crippen LogP contribution < -0.4 is 0 Å². The highest BCUT2D eigenvalue weighted by Gasteiger charge is 2.30. The fourth-order valence-corrected chi connectivity index (χ4v) is 4.30. The van der Waals surface area contributed by atoms with Crippen LogP contribution in [0, 0.1) is 0 Å². The van der Waals surface area contributed by atoms with Crippen molar-refractivity contribution in [2.24, 2.45) is 7.05 Å². The molecule has 4 rings (SSSR count). The predicted octanol–water partition coefficient (Wildman–Crippen LogP) is 2.15. The molecule has 1 aromatic heterocycles. The van der Waals surface area contributed by atoms with Gasteiger partial charge in [-0.3, -0.25) is 9.48 Å². The smallest absolute Gasteiger partial charge is 0.274 e. The summed E-state index contributed by atoms with van der Waals surface area (Å²) in [6.07, 6.45) is 3.61. The predicted molar refractivity (Wildman–Crippen MR) is 104 cm³/mol. The monoisotopic (exact) mass is 368 g/mol. The highest BCUT2D eigenvalue weighted by atomic mass is 16.3. The van der Waals surface area contributed by atoms with Gasteiger partial charge in [0.2, 0.25) is 0 Å². The second-order valence-corrected chi connectivity index (χ2v) is 7.69. The molecule has 6 nitrogen and oxygen atoms in total. The molecule has 0 radical (unpaired) electrons. The molecule has 6 heteroatoms. The van der Waals surface area contributed by atoms with Crippen LogP contribution in [0.4, 0.5) is 0 Å². The largest absolute Gasteiger partial charge is 0.393 e. The van der Waals surface area contributed by atoms with E-state index in [1.807, 2.05) is 48.3 Å². The topological polar surface area (TPSA) is 61.6 Å². The van der Waals surface area contributed by atoms with Gasteiger partial charge in [-0.05, 0) is 37.3 Å². The van der Waals surface area contributed by atoms with Gasteiger partial charge in [0.05, 0.1) is 11.8 Å². The fourth-order valence-electron chi connectivity index (χ4n) is 4.30. The minimum absolute atomic E-state index is 0.0281. The number of rotatable bonds is 3. The molecule has 1 amide bonds. The van der Waals surface area contributed by atoms with Crippen molar-refractivity contribution in [3.8, 4) is 11.3 Å². The van der Waals surface area contributed by atoms with Gasteiger partial charge in [0, 0.05) is 39.3 Å². The Bertz CT molecular complexity index is 773. The first-order valence-corrected chi connectivity index (χ1v) is 9.92. The molecular formula is C21H28N4O2. The van der Waals surface area contributed by atoms with Gasteiger partial charge in [-0.15, -0.1) is 0 Å². The number of carbonyl (C=O) groups excluding carboxylic acids is 1. The van der Waals surface area contributed by atoms with Crippen LogP contribution in [0.1, 0.15) is 36.2 Å². The molecule has 27 heavy (non-hydrogen) atoms. The number of aryl methyl sites for hydroxylation is 1. The third-order valence-corrected chi connectivity index (χ3v) is 5.94. The zero-order valence-corrected chi connectivity index (χ0v) is 15.9. The van der Waals surface area contributed by atoms with E-state index in [9.17, 15) is 9.90 Å². The highest BCUT2D eigenvalue weighted by Crippen LogP contribution is 2.24. The molecule has 3 heterocycles. The Balaban J connectivity index is 1.38. The van der Waals surface area contributed by atoms with Gasteiger partial charge in [-0.2, -0.15) is 5.10 Å². The van der Waals surface area contributed by atoms with Crippen LogP contribution in [-0.2, 0) is 7.05 Å². The van der Waals surface area contributed by atoms with Gasteiger partial charge in [-0.1, -0.05) is 30.3 Å². The zero-order valence-electron chi connectivity index (χ0n) is 15.9. The lowest BCUT2D eigenvalue weighted by Gasteiger charge is -2.40. The fraction of sp³-hybridized carbons (Fsp3) is 0.524. The minimum Gasteiger partial charge on any atom is -0.393 e. The number of carbonyl (C=O) groups is 1. The number of nitrogens with zero attached hydrogens (tertiary/aromatic N) is 4. The lowest BCUT2D eigenvalue weighted by atomic mass is 9.99. The number of aliphatic hydroxyl groups is 1. The molecule has 1 aromatic carbocycles. The van der Waals surface area contributed by atoms with Crippen LogP contribution in [0.5, 0.6) is 0 Å². The van der Waals surface area contributed by atoms with Gasteiger partial charge in [0.25, 0.3) is 5.91 Å². The second kappa shape index (κ2) is 7.82. The van der Waals surface area contributed by atoms with Crippen molar-refractivity contribution < 1.29 is 9.90 Å². The molecule has 0 aliphatic carbocycles. The molecule has 0 bridgehead atoms. The summed E-state index contributed by atoms with van der Waals surface area (Å²) in [5.41, 5.74) is 2.55. The van der Waals surface area contributed by atoms with Gasteiger partial charge >= 0.3 is 0 Å². The van der Waals surface area contributed by atoms with E-state index in [0.29, 0.717) is 11.7 Å². The first kappa shape index (κ1) is 18.2. The first-order valence-electron chi connectivity index (χ1n) is 9.92. The molecule has 0 saturated carbocycles. The minimum atomic E-state index is -0.133. The zero-order chi connectivity index (χ0) is 18.8. The van der Waals surface area contributed by atoms with Crippen LogP contribution in [0.2, 0.25) is 0 Å². The second-order valence-electron chi connectivity index (χ2n) is 7.69. The molecule has 0 atom stereocenters. The van der Waals surface area contributed by atoms with E-state index in [1.54, 1.807) is 4.68 Å². The summed E-state index contributed by atoms with van der Waals surface area (Å²) in [4.78, 5) is 17.4. The van der Waals surface area contributed by atoms with Crippen molar-refractivity contribution in [2.75, 3.05) is 26.2 Å². The van der Waals surface area contributed by atoms with Crippen molar-refractivity contribution in [3.05, 3.63) is 42.1 Å². The van der Waals surface area contributed by atoms with Crippen LogP contribution in [0.15, 0.2) is 36.4 Å². The normalized spacial score (nSPS) is 20.1.